The van der Waals surface area contributed by atoms with Gasteiger partial charge in [0.15, 0.2) is 0 Å². The number of carbonyl (C=O) groups excluding carboxylic acids is 1. The topological polar surface area (TPSA) is 17.1 Å². The molecule has 0 spiro atoms. The molecule has 0 radical (unpaired) electrons. The normalized spacial score (nSPS) is 10.2. The molecular weight excluding hydrogens is 239 g/mol. The molecule has 0 aliphatic carbocycles. The number of carbonyl (C=O) groups is 1. The monoisotopic (exact) mass is 248 g/mol. The Balaban J connectivity index is 2.63. The molecule has 14 heavy (non-hydrogen) atoms. The quantitative estimate of drug-likeness (QED) is 0.748. The molecule has 0 aliphatic heterocycles. The van der Waals surface area contributed by atoms with Gasteiger partial charge in [0.25, 0.3) is 0 Å². The molecule has 76 valence electrons. The first-order valence-electron chi connectivity index (χ1n) is 4.22. The number of Topliss-reactive ketones (excluding diaryl/α,β-unsaturated/α-hetero) is 1. The summed E-state index contributed by atoms with van der Waals surface area (Å²) in [6, 6.07) is 5.29. The fourth-order valence-corrected chi connectivity index (χ4v) is 2.49. The molecule has 0 amide bonds. The molecule has 0 saturated heterocycles. The van der Waals surface area contributed by atoms with E-state index in [-0.39, 0.29) is 5.78 Å². The Hall–Kier alpha value is -0.180. The maximum absolute atomic E-state index is 11.1. The molecule has 0 saturated carbocycles. The summed E-state index contributed by atoms with van der Waals surface area (Å²) in [5.41, 5.74) is 0. The summed E-state index contributed by atoms with van der Waals surface area (Å²) < 4.78 is 0. The third-order valence-electron chi connectivity index (χ3n) is 1.63. The number of ketones is 1. The molecule has 0 bridgehead atoms. The van der Waals surface area contributed by atoms with E-state index in [1.54, 1.807) is 18.2 Å². The Morgan fingerprint density at radius 1 is 1.29 bits per heavy atom. The minimum Gasteiger partial charge on any atom is -0.299 e. The standard InChI is InChI=1S/C10H10Cl2OS/c1-2-9(13)6-14-10-4-7(11)3-8(12)5-10/h3-5H,2,6H2,1H3. The first-order chi connectivity index (χ1) is 6.61. The van der Waals surface area contributed by atoms with Crippen LogP contribution in [0, 0.1) is 0 Å². The van der Waals surface area contributed by atoms with Crippen LogP contribution in [0.4, 0.5) is 0 Å². The molecule has 1 nitrogen and oxygen atoms in total. The van der Waals surface area contributed by atoms with Crippen molar-refractivity contribution in [2.75, 3.05) is 5.75 Å². The zero-order valence-corrected chi connectivity index (χ0v) is 10.0. The van der Waals surface area contributed by atoms with Crippen LogP contribution in [0.1, 0.15) is 13.3 Å². The van der Waals surface area contributed by atoms with Crippen LogP contribution >= 0.6 is 35.0 Å². The van der Waals surface area contributed by atoms with Gasteiger partial charge in [-0.2, -0.15) is 0 Å². The number of hydrogen-bond donors (Lipinski definition) is 0. The van der Waals surface area contributed by atoms with Crippen LogP contribution in [0.2, 0.25) is 10.0 Å². The van der Waals surface area contributed by atoms with Crippen LogP contribution in [0.5, 0.6) is 0 Å². The van der Waals surface area contributed by atoms with Gasteiger partial charge in [0, 0.05) is 21.4 Å². The van der Waals surface area contributed by atoms with Crippen LogP contribution in [0.3, 0.4) is 0 Å². The Labute approximate surface area is 97.8 Å². The van der Waals surface area contributed by atoms with Gasteiger partial charge in [-0.05, 0) is 18.2 Å². The van der Waals surface area contributed by atoms with Gasteiger partial charge in [0.05, 0.1) is 5.75 Å². The van der Waals surface area contributed by atoms with E-state index in [4.69, 9.17) is 23.2 Å². The van der Waals surface area contributed by atoms with Crippen LogP contribution in [0.25, 0.3) is 0 Å². The zero-order chi connectivity index (χ0) is 10.6. The molecule has 0 atom stereocenters. The minimum atomic E-state index is 0.228. The highest BCUT2D eigenvalue weighted by molar-refractivity contribution is 8.00. The SMILES string of the molecule is CCC(=O)CSc1cc(Cl)cc(Cl)c1. The highest BCUT2D eigenvalue weighted by Gasteiger charge is 2.02. The average molecular weight is 249 g/mol. The summed E-state index contributed by atoms with van der Waals surface area (Å²) >= 11 is 13.1. The lowest BCUT2D eigenvalue weighted by Crippen LogP contribution is -1.97. The van der Waals surface area contributed by atoms with Crippen LogP contribution in [0.15, 0.2) is 23.1 Å². The van der Waals surface area contributed by atoms with Gasteiger partial charge >= 0.3 is 0 Å². The lowest BCUT2D eigenvalue weighted by molar-refractivity contribution is -0.116. The maximum Gasteiger partial charge on any atom is 0.142 e. The van der Waals surface area contributed by atoms with Gasteiger partial charge in [0.2, 0.25) is 0 Å². The van der Waals surface area contributed by atoms with Crippen molar-refractivity contribution in [3.63, 3.8) is 0 Å². The second kappa shape index (κ2) is 5.64. The van der Waals surface area contributed by atoms with Crippen molar-refractivity contribution in [2.24, 2.45) is 0 Å². The number of rotatable bonds is 4. The van der Waals surface area contributed by atoms with E-state index >= 15 is 0 Å². The van der Waals surface area contributed by atoms with Gasteiger partial charge in [-0.3, -0.25) is 4.79 Å². The third kappa shape index (κ3) is 3.91. The molecule has 0 aromatic heterocycles. The van der Waals surface area contributed by atoms with Crippen LogP contribution < -0.4 is 0 Å². The molecule has 1 rings (SSSR count). The van der Waals surface area contributed by atoms with Crippen molar-refractivity contribution in [3.8, 4) is 0 Å². The summed E-state index contributed by atoms with van der Waals surface area (Å²) in [6.45, 7) is 1.86. The Morgan fingerprint density at radius 3 is 2.36 bits per heavy atom. The van der Waals surface area contributed by atoms with Crippen molar-refractivity contribution in [2.45, 2.75) is 18.2 Å². The maximum atomic E-state index is 11.1. The molecule has 0 aliphatic rings. The number of benzene rings is 1. The molecule has 1 aromatic carbocycles. The largest absolute Gasteiger partial charge is 0.299 e. The van der Waals surface area contributed by atoms with Crippen LogP contribution in [-0.2, 0) is 4.79 Å². The lowest BCUT2D eigenvalue weighted by atomic mass is 10.3. The van der Waals surface area contributed by atoms with Gasteiger partial charge < -0.3 is 0 Å². The van der Waals surface area contributed by atoms with Crippen molar-refractivity contribution in [1.82, 2.24) is 0 Å². The summed E-state index contributed by atoms with van der Waals surface area (Å²) in [4.78, 5) is 12.0. The Morgan fingerprint density at radius 2 is 1.86 bits per heavy atom. The van der Waals surface area contributed by atoms with Crippen molar-refractivity contribution in [3.05, 3.63) is 28.2 Å². The predicted octanol–water partition coefficient (Wildman–Crippen LogP) is 4.06. The lowest BCUT2D eigenvalue weighted by Gasteiger charge is -2.01. The fraction of sp³-hybridized carbons (Fsp3) is 0.300. The van der Waals surface area contributed by atoms with E-state index in [0.29, 0.717) is 22.2 Å². The zero-order valence-electron chi connectivity index (χ0n) is 7.72. The highest BCUT2D eigenvalue weighted by atomic mass is 35.5. The van der Waals surface area contributed by atoms with Gasteiger partial charge in [-0.25, -0.2) is 0 Å². The smallest absolute Gasteiger partial charge is 0.142 e. The molecule has 0 heterocycles. The predicted molar refractivity (Wildman–Crippen MR) is 62.5 cm³/mol. The van der Waals surface area contributed by atoms with Crippen molar-refractivity contribution in [1.29, 1.82) is 0 Å². The van der Waals surface area contributed by atoms with Crippen molar-refractivity contribution >= 4 is 40.7 Å². The molecule has 0 N–H and O–H groups in total. The summed E-state index contributed by atoms with van der Waals surface area (Å²) in [6.07, 6.45) is 0.571. The fourth-order valence-electron chi connectivity index (χ4n) is 0.878. The third-order valence-corrected chi connectivity index (χ3v) is 3.10. The summed E-state index contributed by atoms with van der Waals surface area (Å²) in [5, 5.41) is 1.20. The molecule has 0 unspecified atom stereocenters. The number of thioether (sulfide) groups is 1. The van der Waals surface area contributed by atoms with E-state index in [1.165, 1.54) is 11.8 Å². The molecule has 0 fully saturated rings. The Kier molecular flexibility index (Phi) is 4.79. The average Bonchev–Trinajstić information content (AvgIpc) is 2.12. The highest BCUT2D eigenvalue weighted by Crippen LogP contribution is 2.26. The van der Waals surface area contributed by atoms with Gasteiger partial charge in [-0.15, -0.1) is 11.8 Å². The Bertz CT molecular complexity index is 319. The van der Waals surface area contributed by atoms with E-state index in [0.717, 1.165) is 4.90 Å². The van der Waals surface area contributed by atoms with Crippen LogP contribution in [-0.4, -0.2) is 11.5 Å². The van der Waals surface area contributed by atoms with Gasteiger partial charge in [0.1, 0.15) is 5.78 Å². The number of halogens is 2. The minimum absolute atomic E-state index is 0.228. The van der Waals surface area contributed by atoms with E-state index < -0.39 is 0 Å². The van der Waals surface area contributed by atoms with Crippen molar-refractivity contribution < 1.29 is 4.79 Å². The summed E-state index contributed by atoms with van der Waals surface area (Å²) in [7, 11) is 0. The second-order valence-corrected chi connectivity index (χ2v) is 4.71. The summed E-state index contributed by atoms with van der Waals surface area (Å²) in [5.74, 6) is 0.707. The first kappa shape index (κ1) is 11.9. The number of hydrogen-bond acceptors (Lipinski definition) is 2. The molecule has 4 heteroatoms. The van der Waals surface area contributed by atoms with E-state index in [2.05, 4.69) is 0 Å². The molecule has 1 aromatic rings. The second-order valence-electron chi connectivity index (χ2n) is 2.79. The van der Waals surface area contributed by atoms with Gasteiger partial charge in [-0.1, -0.05) is 30.1 Å². The van der Waals surface area contributed by atoms with E-state index in [9.17, 15) is 4.79 Å². The van der Waals surface area contributed by atoms with E-state index in [1.807, 2.05) is 6.92 Å². The molecular formula is C10H10Cl2OS. The first-order valence-corrected chi connectivity index (χ1v) is 5.96.